The number of benzene rings is 5. The molecule has 0 amide bonds. The van der Waals surface area contributed by atoms with Crippen LogP contribution in [-0.4, -0.2) is 14.2 Å². The van der Waals surface area contributed by atoms with E-state index in [1.807, 2.05) is 0 Å². The second-order valence-corrected chi connectivity index (χ2v) is 32.0. The normalized spacial score (nSPS) is 12.9. The van der Waals surface area contributed by atoms with Gasteiger partial charge in [0.1, 0.15) is 11.5 Å². The third-order valence-corrected chi connectivity index (χ3v) is 14.2. The zero-order valence-electron chi connectivity index (χ0n) is 56.1. The predicted molar refractivity (Wildman–Crippen MR) is 342 cm³/mol. The molecule has 5 rings (SSSR count). The van der Waals surface area contributed by atoms with Gasteiger partial charge in [0.2, 0.25) is 0 Å². The molecule has 0 unspecified atom stereocenters. The summed E-state index contributed by atoms with van der Waals surface area (Å²) in [6, 6.07) is 35.9. The zero-order chi connectivity index (χ0) is 59.8. The smallest absolute Gasteiger partial charge is 0.122 e. The molecule has 426 valence electrons. The summed E-state index contributed by atoms with van der Waals surface area (Å²) in [5.41, 5.74) is 18.7. The number of rotatable bonds is 2. The van der Waals surface area contributed by atoms with Crippen LogP contribution < -0.4 is 9.47 Å². The van der Waals surface area contributed by atoms with Gasteiger partial charge in [0, 0.05) is 0 Å². The third-order valence-electron chi connectivity index (χ3n) is 14.2. The van der Waals surface area contributed by atoms with Crippen LogP contribution in [0.3, 0.4) is 0 Å². The molecule has 0 aliphatic carbocycles. The van der Waals surface area contributed by atoms with Crippen molar-refractivity contribution in [2.75, 3.05) is 14.2 Å². The van der Waals surface area contributed by atoms with Gasteiger partial charge in [-0.1, -0.05) is 293 Å². The minimum Gasteiger partial charge on any atom is -0.496 e. The van der Waals surface area contributed by atoms with Crippen molar-refractivity contribution in [2.45, 2.75) is 276 Å². The van der Waals surface area contributed by atoms with Gasteiger partial charge in [-0.15, -0.1) is 0 Å². The molecule has 2 heteroatoms. The van der Waals surface area contributed by atoms with Crippen molar-refractivity contribution in [1.29, 1.82) is 0 Å². The van der Waals surface area contributed by atoms with Crippen LogP contribution in [0.2, 0.25) is 0 Å². The molecule has 2 nitrogen and oxygen atoms in total. The standard InChI is InChI=1S/2C15H24O.2C15H24.C14H22/c2*1-14(2,3)11-8-9-12(15(4,5)6)13(10-11)16-7;2*1-11-10-12(14(2,3)4)8-9-13(11)15(5,6)7;1-13(2,3)11-7-9-12(10-8-11)14(4,5)6/h2*8-10H,1-7H3;2*8-10H,1-7H3;7-10H,1-6H3. The van der Waals surface area contributed by atoms with Gasteiger partial charge in [0.25, 0.3) is 0 Å². The molecule has 0 aliphatic rings. The first kappa shape index (κ1) is 69.7. The minimum absolute atomic E-state index is 0.127. The van der Waals surface area contributed by atoms with Crippen LogP contribution in [0.5, 0.6) is 11.5 Å². The van der Waals surface area contributed by atoms with E-state index in [4.69, 9.17) is 9.47 Å². The maximum atomic E-state index is 5.51. The Morgan fingerprint density at radius 3 is 0.539 bits per heavy atom. The van der Waals surface area contributed by atoms with E-state index < -0.39 is 0 Å². The first-order valence-corrected chi connectivity index (χ1v) is 28.5. The van der Waals surface area contributed by atoms with Gasteiger partial charge in [0.15, 0.2) is 0 Å². The summed E-state index contributed by atoms with van der Waals surface area (Å²) in [5.74, 6) is 2.00. The number of ether oxygens (including phenoxy) is 2. The summed E-state index contributed by atoms with van der Waals surface area (Å²) in [7, 11) is 3.49. The highest BCUT2D eigenvalue weighted by atomic mass is 16.5. The van der Waals surface area contributed by atoms with Crippen molar-refractivity contribution in [3.63, 3.8) is 0 Å². The van der Waals surface area contributed by atoms with Gasteiger partial charge < -0.3 is 9.47 Å². The Morgan fingerprint density at radius 2 is 0.382 bits per heavy atom. The van der Waals surface area contributed by atoms with E-state index >= 15 is 0 Å². The monoisotopic (exact) mass is 1040 g/mol. The van der Waals surface area contributed by atoms with Crippen molar-refractivity contribution in [1.82, 2.24) is 0 Å². The topological polar surface area (TPSA) is 18.5 Å². The molecule has 5 aromatic rings. The Balaban J connectivity index is 0.000000475. The Kier molecular flexibility index (Phi) is 23.5. The molecule has 76 heavy (non-hydrogen) atoms. The number of hydrogen-bond acceptors (Lipinski definition) is 2. The van der Waals surface area contributed by atoms with Gasteiger partial charge in [0.05, 0.1) is 14.2 Å². The van der Waals surface area contributed by atoms with Crippen molar-refractivity contribution in [3.05, 3.63) is 164 Å². The lowest BCUT2D eigenvalue weighted by Gasteiger charge is -2.25. The number of aryl methyl sites for hydroxylation is 2. The number of methoxy groups -OCH3 is 2. The van der Waals surface area contributed by atoms with Gasteiger partial charge in [-0.3, -0.25) is 0 Å². The van der Waals surface area contributed by atoms with Crippen LogP contribution in [0.15, 0.2) is 97.1 Å². The highest BCUT2D eigenvalue weighted by Crippen LogP contribution is 2.37. The second kappa shape index (κ2) is 25.7. The largest absolute Gasteiger partial charge is 0.496 e. The molecule has 0 atom stereocenters. The highest BCUT2D eigenvalue weighted by molar-refractivity contribution is 5.45. The molecule has 0 radical (unpaired) electrons. The molecule has 5 aromatic carbocycles. The third kappa shape index (κ3) is 22.2. The average molecular weight is 1040 g/mol. The SMILES string of the molecule is CC(C)(C)c1ccc(C(C)(C)C)cc1.COc1cc(C(C)(C)C)ccc1C(C)(C)C.COc1cc(C(C)(C)C)ccc1C(C)(C)C.Cc1cc(C(C)(C)C)ccc1C(C)(C)C.Cc1cc(C(C)(C)C)ccc1C(C)(C)C. The van der Waals surface area contributed by atoms with Crippen molar-refractivity contribution < 1.29 is 9.47 Å². The van der Waals surface area contributed by atoms with Gasteiger partial charge in [-0.05, 0) is 147 Å². The Hall–Kier alpha value is -4.30. The van der Waals surface area contributed by atoms with E-state index in [0.29, 0.717) is 0 Å². The summed E-state index contributed by atoms with van der Waals surface area (Å²) in [4.78, 5) is 0. The van der Waals surface area contributed by atoms with E-state index in [2.05, 4.69) is 319 Å². The molecule has 0 N–H and O–H groups in total. The minimum atomic E-state index is 0.127. The lowest BCUT2D eigenvalue weighted by atomic mass is 9.80. The number of hydrogen-bond donors (Lipinski definition) is 0. The first-order chi connectivity index (χ1) is 33.8. The van der Waals surface area contributed by atoms with Crippen LogP contribution in [-0.2, 0) is 54.1 Å². The van der Waals surface area contributed by atoms with Crippen LogP contribution >= 0.6 is 0 Å². The molecule has 0 aliphatic heterocycles. The van der Waals surface area contributed by atoms with Crippen molar-refractivity contribution in [2.24, 2.45) is 0 Å². The first-order valence-electron chi connectivity index (χ1n) is 28.5. The van der Waals surface area contributed by atoms with E-state index in [1.54, 1.807) is 14.2 Å². The molecule has 0 saturated carbocycles. The molecule has 0 heterocycles. The van der Waals surface area contributed by atoms with Crippen LogP contribution in [0.4, 0.5) is 0 Å². The molecule has 0 spiro atoms. The average Bonchev–Trinajstić information content (AvgIpc) is 3.23. The lowest BCUT2D eigenvalue weighted by molar-refractivity contribution is 0.395. The summed E-state index contributed by atoms with van der Waals surface area (Å²) in [5, 5.41) is 0. The maximum Gasteiger partial charge on any atom is 0.122 e. The van der Waals surface area contributed by atoms with E-state index in [-0.39, 0.29) is 54.1 Å². The molecular formula is C74H118O2. The quantitative estimate of drug-likeness (QED) is 0.175. The van der Waals surface area contributed by atoms with Gasteiger partial charge in [-0.25, -0.2) is 0 Å². The van der Waals surface area contributed by atoms with Crippen LogP contribution in [0, 0.1) is 13.8 Å². The highest BCUT2D eigenvalue weighted by Gasteiger charge is 2.25. The van der Waals surface area contributed by atoms with Gasteiger partial charge >= 0.3 is 0 Å². The molecule has 0 bridgehead atoms. The maximum absolute atomic E-state index is 5.51. The van der Waals surface area contributed by atoms with Crippen LogP contribution in [0.25, 0.3) is 0 Å². The summed E-state index contributed by atoms with van der Waals surface area (Å²) >= 11 is 0. The molecular weight excluding hydrogens is 921 g/mol. The second-order valence-electron chi connectivity index (χ2n) is 32.0. The molecule has 0 saturated heterocycles. The fourth-order valence-corrected chi connectivity index (χ4v) is 8.97. The predicted octanol–water partition coefficient (Wildman–Crippen LogP) is 22.0. The Labute approximate surface area is 472 Å². The zero-order valence-corrected chi connectivity index (χ0v) is 56.1. The lowest BCUT2D eigenvalue weighted by Crippen LogP contribution is -2.16. The molecule has 0 aromatic heterocycles. The summed E-state index contributed by atoms with van der Waals surface area (Å²) in [6.45, 7) is 71.7. The van der Waals surface area contributed by atoms with Crippen molar-refractivity contribution in [3.8, 4) is 11.5 Å². The summed E-state index contributed by atoms with van der Waals surface area (Å²) in [6.07, 6.45) is 0. The van der Waals surface area contributed by atoms with E-state index in [0.717, 1.165) is 11.5 Å². The van der Waals surface area contributed by atoms with E-state index in [1.165, 1.54) is 66.8 Å². The van der Waals surface area contributed by atoms with Gasteiger partial charge in [-0.2, -0.15) is 0 Å². The van der Waals surface area contributed by atoms with Crippen LogP contribution in [0.1, 0.15) is 274 Å². The Bertz CT molecular complexity index is 2380. The summed E-state index contributed by atoms with van der Waals surface area (Å²) < 4.78 is 11.0. The Morgan fingerprint density at radius 1 is 0.211 bits per heavy atom. The van der Waals surface area contributed by atoms with Crippen molar-refractivity contribution >= 4 is 0 Å². The fraction of sp³-hybridized carbons (Fsp3) is 0.595. The fourth-order valence-electron chi connectivity index (χ4n) is 8.97. The van der Waals surface area contributed by atoms with E-state index in [9.17, 15) is 0 Å². The molecule has 0 fully saturated rings.